The molecule has 0 radical (unpaired) electrons. The van der Waals surface area contributed by atoms with Crippen molar-refractivity contribution >= 4 is 46.3 Å². The maximum absolute atomic E-state index is 12.1. The summed E-state index contributed by atoms with van der Waals surface area (Å²) in [6.45, 7) is 2.49. The minimum Gasteiger partial charge on any atom is -0.356 e. The van der Waals surface area contributed by atoms with Crippen molar-refractivity contribution in [2.24, 2.45) is 0 Å². The number of rotatable bonds is 7. The van der Waals surface area contributed by atoms with E-state index in [4.69, 9.17) is 0 Å². The molecule has 0 bridgehead atoms. The van der Waals surface area contributed by atoms with Crippen LogP contribution in [0.25, 0.3) is 11.0 Å². The van der Waals surface area contributed by atoms with Gasteiger partial charge in [-0.25, -0.2) is 14.6 Å². The summed E-state index contributed by atoms with van der Waals surface area (Å²) >= 11 is 1.49. The zero-order valence-corrected chi connectivity index (χ0v) is 17.1. The van der Waals surface area contributed by atoms with Crippen molar-refractivity contribution in [2.75, 3.05) is 37.3 Å². The van der Waals surface area contributed by atoms with E-state index in [-0.39, 0.29) is 37.1 Å². The topological polar surface area (TPSA) is 113 Å². The van der Waals surface area contributed by atoms with Gasteiger partial charge in [0.25, 0.3) is 0 Å². The number of carbonyl (C=O) groups is 3. The number of hydrogen-bond donors (Lipinski definition) is 1. The molecule has 3 amide bonds. The SMILES string of the molecule is CSc1nc(N2CCCC2)c2cnn(CCNC(=O)CN3C(=O)CCC3=O)c2n1. The second kappa shape index (κ2) is 8.36. The first kappa shape index (κ1) is 19.6. The van der Waals surface area contributed by atoms with E-state index in [2.05, 4.69) is 25.3 Å². The second-order valence-electron chi connectivity index (χ2n) is 7.06. The number of imide groups is 1. The van der Waals surface area contributed by atoms with Crippen LogP contribution in [0, 0.1) is 0 Å². The predicted octanol–water partition coefficient (Wildman–Crippen LogP) is 0.414. The highest BCUT2D eigenvalue weighted by atomic mass is 32.2. The lowest BCUT2D eigenvalue weighted by Crippen LogP contribution is -2.40. The molecule has 154 valence electrons. The first-order chi connectivity index (χ1) is 14.1. The van der Waals surface area contributed by atoms with Crippen molar-refractivity contribution in [1.29, 1.82) is 0 Å². The van der Waals surface area contributed by atoms with E-state index < -0.39 is 0 Å². The predicted molar refractivity (Wildman–Crippen MR) is 108 cm³/mol. The lowest BCUT2D eigenvalue weighted by Gasteiger charge is -2.17. The van der Waals surface area contributed by atoms with E-state index in [1.165, 1.54) is 11.8 Å². The number of amides is 3. The molecule has 2 saturated heterocycles. The first-order valence-corrected chi connectivity index (χ1v) is 10.9. The average Bonchev–Trinajstić information content (AvgIpc) is 3.45. The summed E-state index contributed by atoms with van der Waals surface area (Å²) in [5.74, 6) is -0.0293. The molecule has 29 heavy (non-hydrogen) atoms. The van der Waals surface area contributed by atoms with Gasteiger partial charge in [-0.15, -0.1) is 0 Å². The number of likely N-dealkylation sites (tertiary alicyclic amines) is 1. The van der Waals surface area contributed by atoms with E-state index in [9.17, 15) is 14.4 Å². The lowest BCUT2D eigenvalue weighted by atomic mass is 10.3. The van der Waals surface area contributed by atoms with Crippen LogP contribution in [0.1, 0.15) is 25.7 Å². The van der Waals surface area contributed by atoms with Gasteiger partial charge < -0.3 is 10.2 Å². The highest BCUT2D eigenvalue weighted by Gasteiger charge is 2.30. The Bertz CT molecular complexity index is 938. The smallest absolute Gasteiger partial charge is 0.240 e. The van der Waals surface area contributed by atoms with Gasteiger partial charge in [0.15, 0.2) is 10.8 Å². The summed E-state index contributed by atoms with van der Waals surface area (Å²) in [4.78, 5) is 47.9. The van der Waals surface area contributed by atoms with Gasteiger partial charge in [-0.2, -0.15) is 5.10 Å². The number of thioether (sulfide) groups is 1. The van der Waals surface area contributed by atoms with Gasteiger partial charge in [-0.3, -0.25) is 19.3 Å². The van der Waals surface area contributed by atoms with Gasteiger partial charge >= 0.3 is 0 Å². The molecule has 4 heterocycles. The standard InChI is InChI=1S/C18H23N7O3S/c1-29-18-21-16(23-7-2-3-8-23)12-10-20-25(17(12)22-18)9-6-19-13(26)11-24-14(27)4-5-15(24)28/h10H,2-9,11H2,1H3,(H,19,26). The van der Waals surface area contributed by atoms with Crippen molar-refractivity contribution < 1.29 is 14.4 Å². The Morgan fingerprint density at radius 2 is 1.90 bits per heavy atom. The van der Waals surface area contributed by atoms with Crippen molar-refractivity contribution in [3.63, 3.8) is 0 Å². The third kappa shape index (κ3) is 4.04. The van der Waals surface area contributed by atoms with Crippen LogP contribution in [0.2, 0.25) is 0 Å². The molecule has 2 aromatic rings. The molecule has 1 N–H and O–H groups in total. The largest absolute Gasteiger partial charge is 0.356 e. The number of fused-ring (bicyclic) bond motifs is 1. The Morgan fingerprint density at radius 1 is 1.17 bits per heavy atom. The number of carbonyl (C=O) groups excluding carboxylic acids is 3. The van der Waals surface area contributed by atoms with E-state index in [0.717, 1.165) is 47.7 Å². The van der Waals surface area contributed by atoms with Gasteiger partial charge in [-0.05, 0) is 19.1 Å². The summed E-state index contributed by atoms with van der Waals surface area (Å²) in [6.07, 6.45) is 6.39. The molecule has 0 saturated carbocycles. The van der Waals surface area contributed by atoms with Crippen LogP contribution in [0.15, 0.2) is 11.4 Å². The fourth-order valence-electron chi connectivity index (χ4n) is 3.65. The van der Waals surface area contributed by atoms with Gasteiger partial charge in [0.1, 0.15) is 12.4 Å². The van der Waals surface area contributed by atoms with Crippen molar-refractivity contribution in [3.8, 4) is 0 Å². The number of anilines is 1. The zero-order chi connectivity index (χ0) is 20.4. The third-order valence-electron chi connectivity index (χ3n) is 5.15. The molecule has 2 aliphatic rings. The third-order valence-corrected chi connectivity index (χ3v) is 5.69. The maximum atomic E-state index is 12.1. The van der Waals surface area contributed by atoms with Gasteiger partial charge in [0.05, 0.1) is 18.1 Å². The molecule has 2 fully saturated rings. The Morgan fingerprint density at radius 3 is 2.59 bits per heavy atom. The number of aromatic nitrogens is 4. The van der Waals surface area contributed by atoms with Crippen molar-refractivity contribution in [1.82, 2.24) is 30.0 Å². The van der Waals surface area contributed by atoms with E-state index >= 15 is 0 Å². The highest BCUT2D eigenvalue weighted by molar-refractivity contribution is 7.98. The van der Waals surface area contributed by atoms with Crippen LogP contribution in [-0.2, 0) is 20.9 Å². The average molecular weight is 417 g/mol. The zero-order valence-electron chi connectivity index (χ0n) is 16.3. The van der Waals surface area contributed by atoms with Gasteiger partial charge in [0, 0.05) is 32.5 Å². The maximum Gasteiger partial charge on any atom is 0.240 e. The highest BCUT2D eigenvalue weighted by Crippen LogP contribution is 2.28. The number of hydrogen-bond acceptors (Lipinski definition) is 8. The Balaban J connectivity index is 1.43. The molecule has 0 aromatic carbocycles. The summed E-state index contributed by atoms with van der Waals surface area (Å²) in [5.41, 5.74) is 0.741. The van der Waals surface area contributed by atoms with E-state index in [0.29, 0.717) is 18.2 Å². The molecule has 0 unspecified atom stereocenters. The van der Waals surface area contributed by atoms with Gasteiger partial charge in [0.2, 0.25) is 17.7 Å². The fraction of sp³-hybridized carbons (Fsp3) is 0.556. The van der Waals surface area contributed by atoms with Crippen LogP contribution in [0.4, 0.5) is 5.82 Å². The summed E-state index contributed by atoms with van der Waals surface area (Å²) in [6, 6.07) is 0. The Kier molecular flexibility index (Phi) is 5.65. The molecule has 0 aliphatic carbocycles. The molecule has 4 rings (SSSR count). The van der Waals surface area contributed by atoms with E-state index in [1.807, 2.05) is 6.26 Å². The minimum absolute atomic E-state index is 0.183. The van der Waals surface area contributed by atoms with E-state index in [1.54, 1.807) is 10.9 Å². The van der Waals surface area contributed by atoms with Crippen LogP contribution in [0.5, 0.6) is 0 Å². The molecule has 0 spiro atoms. The van der Waals surface area contributed by atoms with Crippen LogP contribution < -0.4 is 10.2 Å². The van der Waals surface area contributed by atoms with Crippen LogP contribution in [0.3, 0.4) is 0 Å². The molecule has 10 nitrogen and oxygen atoms in total. The molecular formula is C18H23N7O3S. The number of nitrogens with zero attached hydrogens (tertiary/aromatic N) is 6. The number of nitrogens with one attached hydrogen (secondary N) is 1. The van der Waals surface area contributed by atoms with Crippen molar-refractivity contribution in [2.45, 2.75) is 37.4 Å². The molecule has 11 heteroatoms. The van der Waals surface area contributed by atoms with Crippen LogP contribution in [-0.4, -0.2) is 74.8 Å². The van der Waals surface area contributed by atoms with Crippen LogP contribution >= 0.6 is 11.8 Å². The molecule has 2 aliphatic heterocycles. The monoisotopic (exact) mass is 417 g/mol. The summed E-state index contributed by atoms with van der Waals surface area (Å²) in [5, 5.41) is 8.78. The quantitative estimate of drug-likeness (QED) is 0.392. The molecule has 0 atom stereocenters. The second-order valence-corrected chi connectivity index (χ2v) is 7.83. The summed E-state index contributed by atoms with van der Waals surface area (Å²) in [7, 11) is 0. The van der Waals surface area contributed by atoms with Crippen molar-refractivity contribution in [3.05, 3.63) is 6.20 Å². The minimum atomic E-state index is -0.359. The first-order valence-electron chi connectivity index (χ1n) is 9.69. The Labute approximate surface area is 172 Å². The van der Waals surface area contributed by atoms with Gasteiger partial charge in [-0.1, -0.05) is 11.8 Å². The molecular weight excluding hydrogens is 394 g/mol. The fourth-order valence-corrected chi connectivity index (χ4v) is 4.00. The molecule has 2 aromatic heterocycles. The lowest BCUT2D eigenvalue weighted by molar-refractivity contribution is -0.142. The normalized spacial score (nSPS) is 17.0. The Hall–Kier alpha value is -2.69. The summed E-state index contributed by atoms with van der Waals surface area (Å²) < 4.78 is 1.75.